The normalized spacial score (nSPS) is 26.5. The fourth-order valence-corrected chi connectivity index (χ4v) is 6.19. The number of anilines is 1. The van der Waals surface area contributed by atoms with Gasteiger partial charge in [0.05, 0.1) is 4.91 Å². The van der Waals surface area contributed by atoms with E-state index in [2.05, 4.69) is 33.1 Å². The second-order valence-corrected chi connectivity index (χ2v) is 10.2. The predicted octanol–water partition coefficient (Wildman–Crippen LogP) is 6.07. The molecule has 2 heterocycles. The molecule has 5 rings (SSSR count). The van der Waals surface area contributed by atoms with E-state index in [1.165, 1.54) is 19.3 Å². The fourth-order valence-electron chi connectivity index (χ4n) is 4.55. The number of ether oxygens (including phenoxy) is 2. The number of nitrogens with one attached hydrogen (secondary N) is 1. The summed E-state index contributed by atoms with van der Waals surface area (Å²) in [5.74, 6) is 2.03. The molecule has 0 aromatic heterocycles. The number of thioether (sulfide) groups is 1. The summed E-state index contributed by atoms with van der Waals surface area (Å²) in [6, 6.07) is 14.2. The molecule has 1 saturated heterocycles. The highest BCUT2D eigenvalue weighted by Crippen LogP contribution is 2.44. The van der Waals surface area contributed by atoms with E-state index in [1.54, 1.807) is 11.8 Å². The van der Waals surface area contributed by atoms with E-state index < -0.39 is 0 Å². The molecular weight excluding hydrogens is 476 g/mol. The number of hydrogen-bond acceptors (Lipinski definition) is 5. The topological polar surface area (TPSA) is 50.8 Å². The molecule has 5 nitrogen and oxygen atoms in total. The number of para-hydroxylation sites is 1. The van der Waals surface area contributed by atoms with Gasteiger partial charge in [-0.2, -0.15) is 0 Å². The van der Waals surface area contributed by atoms with Crippen LogP contribution in [0.2, 0.25) is 0 Å². The lowest BCUT2D eigenvalue weighted by Crippen LogP contribution is -2.48. The van der Waals surface area contributed by atoms with Gasteiger partial charge in [0.1, 0.15) is 0 Å². The minimum Gasteiger partial charge on any atom is -0.454 e. The molecule has 1 amide bonds. The second-order valence-electron chi connectivity index (χ2n) is 8.26. The van der Waals surface area contributed by atoms with Gasteiger partial charge in [0.25, 0.3) is 5.91 Å². The van der Waals surface area contributed by atoms with Crippen molar-refractivity contribution in [1.29, 1.82) is 0 Å². The van der Waals surface area contributed by atoms with Crippen LogP contribution in [0.5, 0.6) is 11.5 Å². The monoisotopic (exact) mass is 500 g/mol. The largest absolute Gasteiger partial charge is 0.454 e. The van der Waals surface area contributed by atoms with Crippen molar-refractivity contribution in [2.45, 2.75) is 44.1 Å². The smallest absolute Gasteiger partial charge is 0.262 e. The molecule has 1 N–H and O–H groups in total. The lowest BCUT2D eigenvalue weighted by molar-refractivity contribution is -0.129. The van der Waals surface area contributed by atoms with Crippen LogP contribution in [0.4, 0.5) is 5.69 Å². The molecule has 31 heavy (non-hydrogen) atoms. The van der Waals surface area contributed by atoms with Crippen molar-refractivity contribution >= 4 is 45.4 Å². The number of carbonyl (C=O) groups is 1. The standard InChI is InChI=1S/C24H25BrN2O3S/c1-15-7-5-6-10-19(15)27-23(28)22(31-24(27)26-17-8-3-2-4-9-17)12-16-11-20-21(13-18(16)25)30-14-29-20/h2-4,8-9,11-13,15,19,24,26H,5-7,10,14H2,1H3/b22-12-/t15-,19-,24?/m0/s1. The summed E-state index contributed by atoms with van der Waals surface area (Å²) in [5, 5.41) is 3.58. The summed E-state index contributed by atoms with van der Waals surface area (Å²) in [6.07, 6.45) is 6.61. The Morgan fingerprint density at radius 2 is 1.87 bits per heavy atom. The zero-order valence-corrected chi connectivity index (χ0v) is 19.7. The number of halogens is 1. The first-order chi connectivity index (χ1) is 15.1. The van der Waals surface area contributed by atoms with Crippen LogP contribution in [0.15, 0.2) is 51.8 Å². The maximum absolute atomic E-state index is 13.6. The number of amides is 1. The Morgan fingerprint density at radius 3 is 2.65 bits per heavy atom. The lowest BCUT2D eigenvalue weighted by Gasteiger charge is -2.39. The van der Waals surface area contributed by atoms with Crippen LogP contribution in [0.25, 0.3) is 6.08 Å². The maximum Gasteiger partial charge on any atom is 0.262 e. The van der Waals surface area contributed by atoms with Crippen LogP contribution >= 0.6 is 27.7 Å². The molecule has 0 spiro atoms. The van der Waals surface area contributed by atoms with Crippen molar-refractivity contribution in [1.82, 2.24) is 4.90 Å². The Bertz CT molecular complexity index is 1010. The van der Waals surface area contributed by atoms with Crippen LogP contribution < -0.4 is 14.8 Å². The minimum absolute atomic E-state index is 0.0988. The first-order valence-corrected chi connectivity index (χ1v) is 12.4. The molecule has 162 valence electrons. The third kappa shape index (κ3) is 4.17. The van der Waals surface area contributed by atoms with E-state index >= 15 is 0 Å². The molecular formula is C24H25BrN2O3S. The molecule has 3 aliphatic rings. The van der Waals surface area contributed by atoms with Crippen molar-refractivity contribution in [2.75, 3.05) is 12.1 Å². The molecule has 2 aliphatic heterocycles. The van der Waals surface area contributed by atoms with Crippen molar-refractivity contribution < 1.29 is 14.3 Å². The van der Waals surface area contributed by atoms with E-state index in [1.807, 2.05) is 48.5 Å². The summed E-state index contributed by atoms with van der Waals surface area (Å²) in [5.41, 5.74) is 1.81. The summed E-state index contributed by atoms with van der Waals surface area (Å²) in [6.45, 7) is 2.50. The van der Waals surface area contributed by atoms with Gasteiger partial charge in [-0.25, -0.2) is 0 Å². The first-order valence-electron chi connectivity index (χ1n) is 10.7. The molecule has 7 heteroatoms. The van der Waals surface area contributed by atoms with Gasteiger partial charge in [-0.3, -0.25) is 4.79 Å². The lowest BCUT2D eigenvalue weighted by atomic mass is 9.85. The van der Waals surface area contributed by atoms with Gasteiger partial charge in [0.15, 0.2) is 17.0 Å². The molecule has 2 fully saturated rings. The van der Waals surface area contributed by atoms with Gasteiger partial charge in [-0.15, -0.1) is 0 Å². The van der Waals surface area contributed by atoms with Gasteiger partial charge in [0.2, 0.25) is 6.79 Å². The van der Waals surface area contributed by atoms with Crippen molar-refractivity contribution in [3.8, 4) is 11.5 Å². The second kappa shape index (κ2) is 8.79. The summed E-state index contributed by atoms with van der Waals surface area (Å²) in [7, 11) is 0. The average molecular weight is 501 g/mol. The number of hydrogen-bond donors (Lipinski definition) is 1. The zero-order valence-electron chi connectivity index (χ0n) is 17.3. The quantitative estimate of drug-likeness (QED) is 0.516. The summed E-state index contributed by atoms with van der Waals surface area (Å²) < 4.78 is 11.9. The third-order valence-corrected chi connectivity index (χ3v) is 8.00. The molecule has 1 saturated carbocycles. The zero-order chi connectivity index (χ0) is 21.4. The Hall–Kier alpha value is -2.12. The van der Waals surface area contributed by atoms with Crippen LogP contribution in [0.1, 0.15) is 38.2 Å². The third-order valence-electron chi connectivity index (χ3n) is 6.20. The van der Waals surface area contributed by atoms with Gasteiger partial charge in [0, 0.05) is 16.2 Å². The SMILES string of the molecule is C[C@H]1CCCC[C@@H]1N1C(=O)/C(=C/c2cc3c(cc2Br)OCO3)SC1Nc1ccccc1. The number of nitrogens with zero attached hydrogens (tertiary/aromatic N) is 1. The van der Waals surface area contributed by atoms with Gasteiger partial charge >= 0.3 is 0 Å². The maximum atomic E-state index is 13.6. The van der Waals surface area contributed by atoms with Gasteiger partial charge < -0.3 is 19.7 Å². The van der Waals surface area contributed by atoms with E-state index in [-0.39, 0.29) is 24.2 Å². The average Bonchev–Trinajstić information content (AvgIpc) is 3.34. The van der Waals surface area contributed by atoms with Crippen LogP contribution in [-0.4, -0.2) is 29.1 Å². The number of rotatable bonds is 4. The van der Waals surface area contributed by atoms with Crippen molar-refractivity contribution in [2.24, 2.45) is 5.92 Å². The molecule has 1 aliphatic carbocycles. The number of fused-ring (bicyclic) bond motifs is 1. The van der Waals surface area contributed by atoms with Crippen LogP contribution in [0, 0.1) is 5.92 Å². The van der Waals surface area contributed by atoms with E-state index in [9.17, 15) is 4.79 Å². The fraction of sp³-hybridized carbons (Fsp3) is 0.375. The van der Waals surface area contributed by atoms with Crippen LogP contribution in [-0.2, 0) is 4.79 Å². The molecule has 0 radical (unpaired) electrons. The predicted molar refractivity (Wildman–Crippen MR) is 128 cm³/mol. The molecule has 1 unspecified atom stereocenters. The molecule has 3 atom stereocenters. The highest BCUT2D eigenvalue weighted by molar-refractivity contribution is 9.10. The van der Waals surface area contributed by atoms with Crippen molar-refractivity contribution in [3.63, 3.8) is 0 Å². The number of carbonyl (C=O) groups excluding carboxylic acids is 1. The summed E-state index contributed by atoms with van der Waals surface area (Å²) in [4.78, 5) is 16.4. The highest BCUT2D eigenvalue weighted by Gasteiger charge is 2.43. The summed E-state index contributed by atoms with van der Waals surface area (Å²) >= 11 is 5.21. The Kier molecular flexibility index (Phi) is 5.89. The van der Waals surface area contributed by atoms with E-state index in [4.69, 9.17) is 9.47 Å². The van der Waals surface area contributed by atoms with E-state index in [0.717, 1.165) is 32.8 Å². The Morgan fingerprint density at radius 1 is 1.13 bits per heavy atom. The highest BCUT2D eigenvalue weighted by atomic mass is 79.9. The van der Waals surface area contributed by atoms with Gasteiger partial charge in [-0.1, -0.05) is 65.7 Å². The van der Waals surface area contributed by atoms with Crippen molar-refractivity contribution in [3.05, 3.63) is 57.4 Å². The van der Waals surface area contributed by atoms with E-state index in [0.29, 0.717) is 11.7 Å². The number of benzene rings is 2. The molecule has 0 bridgehead atoms. The van der Waals surface area contributed by atoms with Crippen LogP contribution in [0.3, 0.4) is 0 Å². The Labute approximate surface area is 195 Å². The Balaban J connectivity index is 1.48. The minimum atomic E-state index is -0.125. The molecule has 2 aromatic carbocycles. The first kappa shape index (κ1) is 20.8. The molecule has 2 aromatic rings. The van der Waals surface area contributed by atoms with Gasteiger partial charge in [-0.05, 0) is 54.7 Å².